The Balaban J connectivity index is 1.96. The molecule has 1 aliphatic rings. The minimum atomic E-state index is -0.235. The summed E-state index contributed by atoms with van der Waals surface area (Å²) < 4.78 is 0. The van der Waals surface area contributed by atoms with Gasteiger partial charge in [-0.25, -0.2) is 0 Å². The summed E-state index contributed by atoms with van der Waals surface area (Å²) in [6.07, 6.45) is 2.09. The monoisotopic (exact) mass is 228 g/mol. The van der Waals surface area contributed by atoms with Crippen LogP contribution in [0.15, 0.2) is 47.2 Å². The van der Waals surface area contributed by atoms with Crippen LogP contribution in [0.4, 0.5) is 0 Å². The molecule has 16 heavy (non-hydrogen) atoms. The standard InChI is InChI=1S/C14H12OS/c15-10-14(12-6-7-16-9-12)8-13(14)11-4-2-1-3-5-11/h1-7,9-10,13H,8H2/t13-,14-/m1/s1. The first-order valence-electron chi connectivity index (χ1n) is 5.41. The number of hydrogen-bond donors (Lipinski definition) is 0. The Kier molecular flexibility index (Phi) is 2.18. The summed E-state index contributed by atoms with van der Waals surface area (Å²) in [6.45, 7) is 0. The van der Waals surface area contributed by atoms with Gasteiger partial charge in [-0.05, 0) is 34.4 Å². The van der Waals surface area contributed by atoms with E-state index in [1.807, 2.05) is 23.6 Å². The van der Waals surface area contributed by atoms with Crippen LogP contribution in [0, 0.1) is 0 Å². The largest absolute Gasteiger partial charge is 0.302 e. The molecule has 0 bridgehead atoms. The fourth-order valence-electron chi connectivity index (χ4n) is 2.43. The predicted molar refractivity (Wildman–Crippen MR) is 65.9 cm³/mol. The van der Waals surface area contributed by atoms with Gasteiger partial charge in [-0.1, -0.05) is 30.3 Å². The highest BCUT2D eigenvalue weighted by molar-refractivity contribution is 7.08. The van der Waals surface area contributed by atoms with Crippen molar-refractivity contribution in [3.63, 3.8) is 0 Å². The number of hydrogen-bond acceptors (Lipinski definition) is 2. The van der Waals surface area contributed by atoms with E-state index in [4.69, 9.17) is 0 Å². The highest BCUT2D eigenvalue weighted by atomic mass is 32.1. The second kappa shape index (κ2) is 3.56. The summed E-state index contributed by atoms with van der Waals surface area (Å²) >= 11 is 1.66. The van der Waals surface area contributed by atoms with Crippen molar-refractivity contribution >= 4 is 17.6 Å². The summed E-state index contributed by atoms with van der Waals surface area (Å²) in [6, 6.07) is 12.4. The topological polar surface area (TPSA) is 17.1 Å². The number of rotatable bonds is 3. The molecule has 1 nitrogen and oxygen atoms in total. The lowest BCUT2D eigenvalue weighted by atomic mass is 9.95. The first-order valence-corrected chi connectivity index (χ1v) is 6.35. The zero-order valence-electron chi connectivity index (χ0n) is 8.80. The van der Waals surface area contributed by atoms with Crippen LogP contribution in [0.5, 0.6) is 0 Å². The Labute approximate surface area is 98.7 Å². The van der Waals surface area contributed by atoms with E-state index < -0.39 is 0 Å². The molecular weight excluding hydrogens is 216 g/mol. The summed E-state index contributed by atoms with van der Waals surface area (Å²) in [5, 5.41) is 4.14. The first-order chi connectivity index (χ1) is 7.87. The molecule has 2 aromatic rings. The van der Waals surface area contributed by atoms with E-state index in [0.717, 1.165) is 12.7 Å². The maximum atomic E-state index is 11.4. The van der Waals surface area contributed by atoms with E-state index in [-0.39, 0.29) is 5.41 Å². The summed E-state index contributed by atoms with van der Waals surface area (Å²) in [5.74, 6) is 0.376. The van der Waals surface area contributed by atoms with Gasteiger partial charge in [0.2, 0.25) is 0 Å². The summed E-state index contributed by atoms with van der Waals surface area (Å²) in [4.78, 5) is 11.4. The Morgan fingerprint density at radius 1 is 1.25 bits per heavy atom. The number of benzene rings is 1. The number of carbonyl (C=O) groups excluding carboxylic acids is 1. The Morgan fingerprint density at radius 3 is 2.69 bits per heavy atom. The van der Waals surface area contributed by atoms with Crippen LogP contribution in [0.1, 0.15) is 23.5 Å². The average Bonchev–Trinajstić information content (AvgIpc) is 2.84. The molecule has 2 heteroatoms. The van der Waals surface area contributed by atoms with Gasteiger partial charge in [-0.3, -0.25) is 0 Å². The van der Waals surface area contributed by atoms with E-state index in [0.29, 0.717) is 5.92 Å². The van der Waals surface area contributed by atoms with Crippen molar-refractivity contribution in [2.75, 3.05) is 0 Å². The van der Waals surface area contributed by atoms with Gasteiger partial charge in [-0.15, -0.1) is 0 Å². The fraction of sp³-hybridized carbons (Fsp3) is 0.214. The molecule has 1 aromatic carbocycles. The number of thiophene rings is 1. The number of aldehydes is 1. The highest BCUT2D eigenvalue weighted by Gasteiger charge is 2.56. The van der Waals surface area contributed by atoms with Gasteiger partial charge in [0.25, 0.3) is 0 Å². The Hall–Kier alpha value is -1.41. The molecule has 0 unspecified atom stereocenters. The van der Waals surface area contributed by atoms with Gasteiger partial charge in [0, 0.05) is 5.92 Å². The molecule has 1 fully saturated rings. The van der Waals surface area contributed by atoms with E-state index in [1.54, 1.807) is 11.3 Å². The van der Waals surface area contributed by atoms with Gasteiger partial charge >= 0.3 is 0 Å². The molecule has 1 aromatic heterocycles. The fourth-order valence-corrected chi connectivity index (χ4v) is 3.17. The van der Waals surface area contributed by atoms with Crippen molar-refractivity contribution in [3.8, 4) is 0 Å². The van der Waals surface area contributed by atoms with Crippen LogP contribution in [0.2, 0.25) is 0 Å². The van der Waals surface area contributed by atoms with Crippen molar-refractivity contribution in [1.82, 2.24) is 0 Å². The minimum absolute atomic E-state index is 0.235. The zero-order chi connectivity index (χ0) is 11.0. The van der Waals surface area contributed by atoms with Gasteiger partial charge in [0.05, 0.1) is 5.41 Å². The lowest BCUT2D eigenvalue weighted by molar-refractivity contribution is -0.110. The van der Waals surface area contributed by atoms with Gasteiger partial charge in [-0.2, -0.15) is 11.3 Å². The third-order valence-corrected chi connectivity index (χ3v) is 4.16. The highest BCUT2D eigenvalue weighted by Crippen LogP contribution is 2.59. The SMILES string of the molecule is O=C[C@@]1(c2ccsc2)C[C@@H]1c1ccccc1. The van der Waals surface area contributed by atoms with Crippen LogP contribution >= 0.6 is 11.3 Å². The average molecular weight is 228 g/mol. The molecule has 1 aliphatic carbocycles. The lowest BCUT2D eigenvalue weighted by Gasteiger charge is -2.07. The van der Waals surface area contributed by atoms with Gasteiger partial charge in [0.1, 0.15) is 6.29 Å². The third kappa shape index (κ3) is 1.34. The summed E-state index contributed by atoms with van der Waals surface area (Å²) in [5.41, 5.74) is 2.23. The predicted octanol–water partition coefficient (Wildman–Crippen LogP) is 3.37. The zero-order valence-corrected chi connectivity index (χ0v) is 9.61. The van der Waals surface area contributed by atoms with Crippen LogP contribution in [0.3, 0.4) is 0 Å². The van der Waals surface area contributed by atoms with Gasteiger partial charge < -0.3 is 4.79 Å². The molecule has 3 rings (SSSR count). The quantitative estimate of drug-likeness (QED) is 0.736. The molecule has 0 saturated heterocycles. The van der Waals surface area contributed by atoms with E-state index in [2.05, 4.69) is 23.6 Å². The van der Waals surface area contributed by atoms with Crippen molar-refractivity contribution in [2.24, 2.45) is 0 Å². The van der Waals surface area contributed by atoms with Crippen LogP contribution in [-0.4, -0.2) is 6.29 Å². The van der Waals surface area contributed by atoms with Crippen molar-refractivity contribution < 1.29 is 4.79 Å². The molecule has 1 saturated carbocycles. The first kappa shape index (κ1) is 9.79. The van der Waals surface area contributed by atoms with Crippen molar-refractivity contribution in [1.29, 1.82) is 0 Å². The Bertz CT molecular complexity index is 489. The maximum absolute atomic E-state index is 11.4. The Morgan fingerprint density at radius 2 is 2.06 bits per heavy atom. The molecule has 0 N–H and O–H groups in total. The van der Waals surface area contributed by atoms with E-state index in [9.17, 15) is 4.79 Å². The number of carbonyl (C=O) groups is 1. The molecule has 1 heterocycles. The van der Waals surface area contributed by atoms with Crippen molar-refractivity contribution in [2.45, 2.75) is 17.8 Å². The third-order valence-electron chi connectivity index (χ3n) is 3.47. The van der Waals surface area contributed by atoms with E-state index >= 15 is 0 Å². The van der Waals surface area contributed by atoms with Gasteiger partial charge in [0.15, 0.2) is 0 Å². The molecule has 80 valence electrons. The molecule has 2 atom stereocenters. The molecule has 0 radical (unpaired) electrons. The van der Waals surface area contributed by atoms with Crippen LogP contribution < -0.4 is 0 Å². The smallest absolute Gasteiger partial charge is 0.131 e. The van der Waals surface area contributed by atoms with Crippen LogP contribution in [0.25, 0.3) is 0 Å². The second-order valence-corrected chi connectivity index (χ2v) is 5.12. The maximum Gasteiger partial charge on any atom is 0.131 e. The van der Waals surface area contributed by atoms with Crippen molar-refractivity contribution in [3.05, 3.63) is 58.3 Å². The lowest BCUT2D eigenvalue weighted by Crippen LogP contribution is -2.09. The molecule has 0 spiro atoms. The minimum Gasteiger partial charge on any atom is -0.302 e. The molecule has 0 aliphatic heterocycles. The second-order valence-electron chi connectivity index (χ2n) is 4.34. The normalized spacial score (nSPS) is 27.6. The molecular formula is C14H12OS. The summed E-state index contributed by atoms with van der Waals surface area (Å²) in [7, 11) is 0. The van der Waals surface area contributed by atoms with Crippen LogP contribution in [-0.2, 0) is 10.2 Å². The van der Waals surface area contributed by atoms with E-state index in [1.165, 1.54) is 11.1 Å². The molecule has 0 amide bonds.